The van der Waals surface area contributed by atoms with E-state index in [1.54, 1.807) is 42.5 Å². The number of nitrogens with zero attached hydrogens (tertiary/aromatic N) is 3. The minimum absolute atomic E-state index is 0.0180. The molecular weight excluding hydrogens is 592 g/mol. The Labute approximate surface area is 248 Å². The molecule has 5 rings (SSSR count). The number of aliphatic hydroxyl groups is 1. The Morgan fingerprint density at radius 3 is 2.25 bits per heavy atom. The van der Waals surface area contributed by atoms with Crippen LogP contribution < -0.4 is 10.3 Å². The number of halogens is 6. The highest BCUT2D eigenvalue weighted by Crippen LogP contribution is 2.50. The van der Waals surface area contributed by atoms with Gasteiger partial charge in [0.25, 0.3) is 11.2 Å². The summed E-state index contributed by atoms with van der Waals surface area (Å²) in [5.74, 6) is 0.618. The molecule has 4 aromatic rings. The second kappa shape index (κ2) is 12.2. The van der Waals surface area contributed by atoms with Gasteiger partial charge >= 0.3 is 12.4 Å². The molecular formula is C31H29F6N3O4. The van der Waals surface area contributed by atoms with E-state index in [1.165, 1.54) is 17.6 Å². The van der Waals surface area contributed by atoms with E-state index in [0.29, 0.717) is 49.8 Å². The number of fused-ring (bicyclic) bond motifs is 1. The molecule has 7 nitrogen and oxygen atoms in total. The van der Waals surface area contributed by atoms with Gasteiger partial charge in [-0.2, -0.15) is 26.3 Å². The quantitative estimate of drug-likeness (QED) is 0.269. The maximum absolute atomic E-state index is 14.0. The molecule has 1 N–H and O–H groups in total. The van der Waals surface area contributed by atoms with Crippen molar-refractivity contribution in [2.75, 3.05) is 39.5 Å². The van der Waals surface area contributed by atoms with E-state index >= 15 is 0 Å². The molecule has 0 spiro atoms. The number of morpholine rings is 1. The van der Waals surface area contributed by atoms with Crippen molar-refractivity contribution >= 4 is 10.9 Å². The summed E-state index contributed by atoms with van der Waals surface area (Å²) in [5, 5.41) is 10.1. The molecule has 0 bridgehead atoms. The van der Waals surface area contributed by atoms with Crippen LogP contribution in [0, 0.1) is 6.92 Å². The second-order valence-electron chi connectivity index (χ2n) is 10.5. The molecule has 0 amide bonds. The zero-order valence-corrected chi connectivity index (χ0v) is 23.6. The van der Waals surface area contributed by atoms with E-state index in [1.807, 2.05) is 0 Å². The topological polar surface area (TPSA) is 76.8 Å². The lowest BCUT2D eigenvalue weighted by atomic mass is 9.90. The number of aryl methyl sites for hydroxylation is 1. The Balaban J connectivity index is 1.58. The van der Waals surface area contributed by atoms with E-state index in [2.05, 4.69) is 9.88 Å². The van der Waals surface area contributed by atoms with Crippen LogP contribution in [0.25, 0.3) is 16.6 Å². The molecule has 234 valence electrons. The Kier molecular flexibility index (Phi) is 8.74. The molecule has 2 heterocycles. The summed E-state index contributed by atoms with van der Waals surface area (Å²) >= 11 is 0. The lowest BCUT2D eigenvalue weighted by Gasteiger charge is -2.33. The van der Waals surface area contributed by atoms with Gasteiger partial charge in [-0.3, -0.25) is 14.3 Å². The number of alkyl halides is 6. The van der Waals surface area contributed by atoms with Crippen LogP contribution in [0.2, 0.25) is 0 Å². The van der Waals surface area contributed by atoms with Crippen LogP contribution >= 0.6 is 0 Å². The van der Waals surface area contributed by atoms with Gasteiger partial charge in [-0.1, -0.05) is 42.5 Å². The van der Waals surface area contributed by atoms with E-state index < -0.39 is 29.1 Å². The van der Waals surface area contributed by atoms with Crippen molar-refractivity contribution in [3.8, 4) is 11.4 Å². The lowest BCUT2D eigenvalue weighted by molar-refractivity contribution is -0.376. The van der Waals surface area contributed by atoms with Crippen LogP contribution in [0.4, 0.5) is 26.3 Å². The summed E-state index contributed by atoms with van der Waals surface area (Å²) < 4.78 is 93.8. The second-order valence-corrected chi connectivity index (χ2v) is 10.5. The molecule has 0 unspecified atom stereocenters. The summed E-state index contributed by atoms with van der Waals surface area (Å²) in [7, 11) is 0. The first-order chi connectivity index (χ1) is 20.8. The maximum Gasteiger partial charge on any atom is 0.430 e. The van der Waals surface area contributed by atoms with Crippen LogP contribution in [0.1, 0.15) is 22.5 Å². The molecule has 1 aromatic heterocycles. The van der Waals surface area contributed by atoms with Crippen molar-refractivity contribution in [2.24, 2.45) is 0 Å². The highest BCUT2D eigenvalue weighted by molar-refractivity contribution is 5.80. The molecule has 0 saturated carbocycles. The highest BCUT2D eigenvalue weighted by atomic mass is 19.4. The van der Waals surface area contributed by atoms with Crippen molar-refractivity contribution in [2.45, 2.75) is 31.3 Å². The molecule has 44 heavy (non-hydrogen) atoms. The van der Waals surface area contributed by atoms with Crippen molar-refractivity contribution in [3.63, 3.8) is 0 Å². The largest absolute Gasteiger partial charge is 0.492 e. The molecule has 0 atom stereocenters. The van der Waals surface area contributed by atoms with Crippen LogP contribution in [0.15, 0.2) is 71.5 Å². The van der Waals surface area contributed by atoms with Gasteiger partial charge in [0.05, 0.1) is 29.8 Å². The third-order valence-corrected chi connectivity index (χ3v) is 7.57. The Morgan fingerprint density at radius 1 is 0.932 bits per heavy atom. The number of rotatable bonds is 8. The monoisotopic (exact) mass is 621 g/mol. The fourth-order valence-corrected chi connectivity index (χ4v) is 5.18. The average molecular weight is 622 g/mol. The molecule has 0 aliphatic carbocycles. The smallest absolute Gasteiger partial charge is 0.430 e. The normalized spacial score (nSPS) is 15.1. The molecule has 13 heteroatoms. The Hall–Kier alpha value is -3.94. The summed E-state index contributed by atoms with van der Waals surface area (Å²) in [6, 6.07) is 15.9. The van der Waals surface area contributed by atoms with Gasteiger partial charge in [0.2, 0.25) is 0 Å². The SMILES string of the molecule is Cc1cc(C(O)(C(F)(F)F)C(F)(F)F)ccc1-n1c(Cc2ccccc2)nc2ccc(OCCN3CCOCC3)cc2c1=O. The van der Waals surface area contributed by atoms with E-state index in [-0.39, 0.29) is 28.9 Å². The molecule has 0 radical (unpaired) electrons. The maximum atomic E-state index is 14.0. The molecule has 3 aromatic carbocycles. The van der Waals surface area contributed by atoms with Crippen LogP contribution in [0.3, 0.4) is 0 Å². The van der Waals surface area contributed by atoms with Gasteiger partial charge < -0.3 is 14.6 Å². The van der Waals surface area contributed by atoms with Crippen molar-refractivity contribution in [3.05, 3.63) is 99.6 Å². The van der Waals surface area contributed by atoms with Gasteiger partial charge in [0, 0.05) is 31.6 Å². The number of hydrogen-bond acceptors (Lipinski definition) is 6. The first-order valence-corrected chi connectivity index (χ1v) is 13.8. The Morgan fingerprint density at radius 2 is 1.61 bits per heavy atom. The first-order valence-electron chi connectivity index (χ1n) is 13.8. The number of ether oxygens (including phenoxy) is 2. The van der Waals surface area contributed by atoms with Gasteiger partial charge in [-0.15, -0.1) is 0 Å². The minimum atomic E-state index is -6.04. The summed E-state index contributed by atoms with van der Waals surface area (Å²) in [4.78, 5) is 20.9. The van der Waals surface area contributed by atoms with Crippen LogP contribution in [0.5, 0.6) is 5.75 Å². The summed E-state index contributed by atoms with van der Waals surface area (Å²) in [5.41, 5.74) is -6.08. The van der Waals surface area contributed by atoms with E-state index in [0.717, 1.165) is 24.7 Å². The predicted molar refractivity (Wildman–Crippen MR) is 150 cm³/mol. The Bertz CT molecular complexity index is 1670. The van der Waals surface area contributed by atoms with Gasteiger partial charge in [0.15, 0.2) is 0 Å². The summed E-state index contributed by atoms with van der Waals surface area (Å²) in [6.45, 7) is 5.09. The average Bonchev–Trinajstić information content (AvgIpc) is 2.97. The van der Waals surface area contributed by atoms with Crippen LogP contribution in [-0.2, 0) is 16.8 Å². The zero-order chi connectivity index (χ0) is 31.7. The molecule has 1 aliphatic heterocycles. The van der Waals surface area contributed by atoms with Gasteiger partial charge in [-0.05, 0) is 42.3 Å². The third kappa shape index (κ3) is 6.17. The minimum Gasteiger partial charge on any atom is -0.492 e. The summed E-state index contributed by atoms with van der Waals surface area (Å²) in [6.07, 6.45) is -11.9. The zero-order valence-electron chi connectivity index (χ0n) is 23.6. The number of hydrogen-bond donors (Lipinski definition) is 1. The fraction of sp³-hybridized carbons (Fsp3) is 0.355. The van der Waals surface area contributed by atoms with Crippen molar-refractivity contribution in [1.82, 2.24) is 14.5 Å². The first kappa shape index (κ1) is 31.5. The standard InChI is InChI=1S/C31H29F6N3O4/c1-20-17-22(29(42,30(32,33)34)31(35,36)37)7-10-26(20)40-27(18-21-5-3-2-4-6-21)38-25-9-8-23(19-24(25)28(40)41)44-16-13-39-11-14-43-15-12-39/h2-10,17,19,42H,11-16,18H2,1H3. The number of benzene rings is 3. The van der Waals surface area contributed by atoms with Gasteiger partial charge in [-0.25, -0.2) is 4.98 Å². The predicted octanol–water partition coefficient (Wildman–Crippen LogP) is 5.31. The van der Waals surface area contributed by atoms with Crippen molar-refractivity contribution < 1.29 is 40.9 Å². The molecule has 1 saturated heterocycles. The van der Waals surface area contributed by atoms with Crippen molar-refractivity contribution in [1.29, 1.82) is 0 Å². The highest BCUT2D eigenvalue weighted by Gasteiger charge is 2.71. The van der Waals surface area contributed by atoms with E-state index in [9.17, 15) is 36.2 Å². The fourth-order valence-electron chi connectivity index (χ4n) is 5.18. The van der Waals surface area contributed by atoms with Crippen LogP contribution in [-0.4, -0.2) is 71.4 Å². The number of aromatic nitrogens is 2. The molecule has 1 aliphatic rings. The van der Waals surface area contributed by atoms with Gasteiger partial charge in [0.1, 0.15) is 18.2 Å². The third-order valence-electron chi connectivity index (χ3n) is 7.57. The lowest BCUT2D eigenvalue weighted by Crippen LogP contribution is -2.54. The van der Waals surface area contributed by atoms with E-state index in [4.69, 9.17) is 9.47 Å². The molecule has 1 fully saturated rings.